The Morgan fingerprint density at radius 3 is 2.20 bits per heavy atom. The lowest BCUT2D eigenvalue weighted by atomic mass is 10.1. The van der Waals surface area contributed by atoms with Crippen LogP contribution in [0, 0.1) is 0 Å². The molecule has 2 N–H and O–H groups in total. The minimum atomic E-state index is -0.589. The molecule has 1 heterocycles. The minimum absolute atomic E-state index is 0.107. The van der Waals surface area contributed by atoms with E-state index in [9.17, 15) is 4.79 Å². The molecule has 5 heteroatoms. The predicted octanol–water partition coefficient (Wildman–Crippen LogP) is 3.54. The number of hydrogen-bond donors (Lipinski definition) is 1. The van der Waals surface area contributed by atoms with Gasteiger partial charge in [-0.05, 0) is 36.4 Å². The molecule has 0 atom stereocenters. The Morgan fingerprint density at radius 1 is 1.15 bits per heavy atom. The van der Waals surface area contributed by atoms with Crippen LogP contribution in [0.25, 0.3) is 11.3 Å². The van der Waals surface area contributed by atoms with Gasteiger partial charge in [0.05, 0.1) is 18.4 Å². The Kier molecular flexibility index (Phi) is 6.00. The number of carbonyl (C=O) groups excluding carboxylic acids is 1. The first kappa shape index (κ1) is 16.0. The third kappa shape index (κ3) is 3.71. The van der Waals surface area contributed by atoms with E-state index in [1.54, 1.807) is 19.2 Å². The number of primary amides is 1. The van der Waals surface area contributed by atoms with Gasteiger partial charge in [0, 0.05) is 5.56 Å². The Labute approximate surface area is 123 Å². The number of aromatic nitrogens is 1. The van der Waals surface area contributed by atoms with E-state index in [2.05, 4.69) is 4.98 Å². The summed E-state index contributed by atoms with van der Waals surface area (Å²) in [6.07, 6.45) is 0. The average Bonchev–Trinajstić information content (AvgIpc) is 2.49. The Bertz CT molecular complexity index is 583. The van der Waals surface area contributed by atoms with Crippen molar-refractivity contribution < 1.29 is 9.53 Å². The molecule has 1 aromatic heterocycles. The van der Waals surface area contributed by atoms with Gasteiger partial charge in [-0.15, -0.1) is 0 Å². The number of nitrogens with zero attached hydrogens (tertiary/aromatic N) is 1. The zero-order chi connectivity index (χ0) is 15.1. The van der Waals surface area contributed by atoms with Gasteiger partial charge in [0.15, 0.2) is 0 Å². The molecule has 20 heavy (non-hydrogen) atoms. The number of benzene rings is 1. The Hall–Kier alpha value is -2.07. The van der Waals surface area contributed by atoms with Gasteiger partial charge >= 0.3 is 0 Å². The van der Waals surface area contributed by atoms with Crippen molar-refractivity contribution >= 4 is 17.5 Å². The summed E-state index contributed by atoms with van der Waals surface area (Å²) in [6, 6.07) is 10.6. The zero-order valence-corrected chi connectivity index (χ0v) is 12.4. The summed E-state index contributed by atoms with van der Waals surface area (Å²) in [5.74, 6) is 0.174. The molecule has 0 saturated heterocycles. The van der Waals surface area contributed by atoms with Crippen molar-refractivity contribution in [1.82, 2.24) is 4.98 Å². The molecular formula is C15H17ClN2O2. The number of carbonyl (C=O) groups is 1. The van der Waals surface area contributed by atoms with Crippen molar-refractivity contribution in [1.29, 1.82) is 0 Å². The summed E-state index contributed by atoms with van der Waals surface area (Å²) >= 11 is 5.90. The van der Waals surface area contributed by atoms with Crippen LogP contribution in [0.1, 0.15) is 24.2 Å². The van der Waals surface area contributed by atoms with E-state index in [0.717, 1.165) is 11.3 Å². The van der Waals surface area contributed by atoms with Crippen molar-refractivity contribution in [3.8, 4) is 17.0 Å². The standard InChI is InChI=1S/C13H11ClN2O2.C2H6/c1-18-9-4-2-8(3-5-9)11-7-6-10(13(15)17)12(14)16-11;1-2/h2-7H,1H3,(H2,15,17);1-2H3. The third-order valence-electron chi connectivity index (χ3n) is 2.50. The number of methoxy groups -OCH3 is 1. The van der Waals surface area contributed by atoms with Gasteiger partial charge in [-0.1, -0.05) is 25.4 Å². The number of halogens is 1. The lowest BCUT2D eigenvalue weighted by Crippen LogP contribution is -2.12. The lowest BCUT2D eigenvalue weighted by molar-refractivity contribution is 0.1000. The second-order valence-electron chi connectivity index (χ2n) is 3.63. The van der Waals surface area contributed by atoms with Crippen LogP contribution in [0.4, 0.5) is 0 Å². The molecule has 2 aromatic rings. The fourth-order valence-electron chi connectivity index (χ4n) is 1.54. The normalized spacial score (nSPS) is 9.40. The first-order chi connectivity index (χ1) is 9.61. The molecule has 0 aliphatic rings. The van der Waals surface area contributed by atoms with E-state index in [-0.39, 0.29) is 10.7 Å². The van der Waals surface area contributed by atoms with Gasteiger partial charge < -0.3 is 10.5 Å². The molecule has 0 saturated carbocycles. The summed E-state index contributed by atoms with van der Waals surface area (Å²) < 4.78 is 5.07. The second kappa shape index (κ2) is 7.50. The lowest BCUT2D eigenvalue weighted by Gasteiger charge is -2.05. The van der Waals surface area contributed by atoms with E-state index in [4.69, 9.17) is 22.1 Å². The first-order valence-corrected chi connectivity index (χ1v) is 6.60. The highest BCUT2D eigenvalue weighted by atomic mass is 35.5. The summed E-state index contributed by atoms with van der Waals surface area (Å²) in [5.41, 5.74) is 6.93. The van der Waals surface area contributed by atoms with Crippen molar-refractivity contribution in [2.24, 2.45) is 5.73 Å². The van der Waals surface area contributed by atoms with Crippen LogP contribution in [-0.4, -0.2) is 18.0 Å². The van der Waals surface area contributed by atoms with Gasteiger partial charge in [0.1, 0.15) is 10.9 Å². The van der Waals surface area contributed by atoms with Crippen LogP contribution in [0.5, 0.6) is 5.75 Å². The van der Waals surface area contributed by atoms with Gasteiger partial charge in [0.2, 0.25) is 0 Å². The maximum atomic E-state index is 11.0. The minimum Gasteiger partial charge on any atom is -0.497 e. The fourth-order valence-corrected chi connectivity index (χ4v) is 1.79. The molecule has 106 valence electrons. The number of hydrogen-bond acceptors (Lipinski definition) is 3. The Balaban J connectivity index is 0.000000956. The van der Waals surface area contributed by atoms with E-state index >= 15 is 0 Å². The van der Waals surface area contributed by atoms with E-state index < -0.39 is 5.91 Å². The molecule has 0 aliphatic carbocycles. The van der Waals surface area contributed by atoms with Gasteiger partial charge in [-0.25, -0.2) is 4.98 Å². The van der Waals surface area contributed by atoms with Crippen LogP contribution in [0.15, 0.2) is 36.4 Å². The molecule has 0 spiro atoms. The quantitative estimate of drug-likeness (QED) is 0.880. The summed E-state index contributed by atoms with van der Waals surface area (Å²) in [6.45, 7) is 4.00. The molecule has 0 aliphatic heterocycles. The van der Waals surface area contributed by atoms with E-state index in [1.165, 1.54) is 0 Å². The van der Waals surface area contributed by atoms with Gasteiger partial charge in [-0.2, -0.15) is 0 Å². The number of amides is 1. The Morgan fingerprint density at radius 2 is 1.75 bits per heavy atom. The highest BCUT2D eigenvalue weighted by Crippen LogP contribution is 2.23. The van der Waals surface area contributed by atoms with E-state index in [1.807, 2.05) is 38.1 Å². The van der Waals surface area contributed by atoms with Crippen LogP contribution in [0.3, 0.4) is 0 Å². The molecular weight excluding hydrogens is 276 g/mol. The van der Waals surface area contributed by atoms with Crippen LogP contribution in [-0.2, 0) is 0 Å². The fraction of sp³-hybridized carbons (Fsp3) is 0.200. The zero-order valence-electron chi connectivity index (χ0n) is 11.7. The monoisotopic (exact) mass is 292 g/mol. The highest BCUT2D eigenvalue weighted by molar-refractivity contribution is 6.32. The van der Waals surface area contributed by atoms with Crippen molar-refractivity contribution in [3.63, 3.8) is 0 Å². The SMILES string of the molecule is CC.COc1ccc(-c2ccc(C(N)=O)c(Cl)n2)cc1. The molecule has 2 rings (SSSR count). The average molecular weight is 293 g/mol. The molecule has 1 aromatic carbocycles. The topological polar surface area (TPSA) is 65.2 Å². The number of ether oxygens (including phenoxy) is 1. The largest absolute Gasteiger partial charge is 0.497 e. The van der Waals surface area contributed by atoms with Crippen LogP contribution in [0.2, 0.25) is 5.15 Å². The summed E-state index contributed by atoms with van der Waals surface area (Å²) in [5, 5.41) is 0.107. The maximum Gasteiger partial charge on any atom is 0.251 e. The maximum absolute atomic E-state index is 11.0. The highest BCUT2D eigenvalue weighted by Gasteiger charge is 2.09. The van der Waals surface area contributed by atoms with Crippen molar-refractivity contribution in [2.75, 3.05) is 7.11 Å². The van der Waals surface area contributed by atoms with Gasteiger partial charge in [0.25, 0.3) is 5.91 Å². The summed E-state index contributed by atoms with van der Waals surface area (Å²) in [4.78, 5) is 15.2. The predicted molar refractivity (Wildman–Crippen MR) is 81.1 cm³/mol. The van der Waals surface area contributed by atoms with Crippen LogP contribution >= 0.6 is 11.6 Å². The van der Waals surface area contributed by atoms with Crippen molar-refractivity contribution in [3.05, 3.63) is 47.1 Å². The molecule has 0 fully saturated rings. The molecule has 0 unspecified atom stereocenters. The van der Waals surface area contributed by atoms with Crippen LogP contribution < -0.4 is 10.5 Å². The molecule has 0 radical (unpaired) electrons. The van der Waals surface area contributed by atoms with Gasteiger partial charge in [-0.3, -0.25) is 4.79 Å². The molecule has 4 nitrogen and oxygen atoms in total. The van der Waals surface area contributed by atoms with Crippen molar-refractivity contribution in [2.45, 2.75) is 13.8 Å². The molecule has 0 bridgehead atoms. The van der Waals surface area contributed by atoms with E-state index in [0.29, 0.717) is 5.69 Å². The summed E-state index contributed by atoms with van der Waals surface area (Å²) in [7, 11) is 1.60. The number of nitrogens with two attached hydrogens (primary N) is 1. The molecule has 1 amide bonds. The first-order valence-electron chi connectivity index (χ1n) is 6.22. The number of rotatable bonds is 3. The second-order valence-corrected chi connectivity index (χ2v) is 3.99. The smallest absolute Gasteiger partial charge is 0.251 e. The third-order valence-corrected chi connectivity index (χ3v) is 2.79. The number of pyridine rings is 1.